The van der Waals surface area contributed by atoms with E-state index in [9.17, 15) is 0 Å². The molecule has 0 unspecified atom stereocenters. The maximum absolute atomic E-state index is 8.95. The summed E-state index contributed by atoms with van der Waals surface area (Å²) in [5.74, 6) is 0.696. The Morgan fingerprint density at radius 2 is 2.25 bits per heavy atom. The van der Waals surface area contributed by atoms with E-state index in [1.807, 2.05) is 6.92 Å². The minimum Gasteiger partial charge on any atom is -0.314 e. The van der Waals surface area contributed by atoms with Crippen molar-refractivity contribution < 1.29 is 5.21 Å². The lowest BCUT2D eigenvalue weighted by molar-refractivity contribution is -0.0741. The molecule has 1 rings (SSSR count). The highest BCUT2D eigenvalue weighted by Gasteiger charge is 2.01. The van der Waals surface area contributed by atoms with Gasteiger partial charge in [-0.15, -0.1) is 0 Å². The maximum Gasteiger partial charge on any atom is 0.126 e. The van der Waals surface area contributed by atoms with Crippen molar-refractivity contribution in [1.82, 2.24) is 15.0 Å². The first-order valence-electron chi connectivity index (χ1n) is 3.48. The number of hydrogen-bond donors (Lipinski definition) is 1. The Balaban J connectivity index is 2.85. The van der Waals surface area contributed by atoms with Crippen LogP contribution < -0.4 is 0 Å². The minimum atomic E-state index is 0.405. The Morgan fingerprint density at radius 1 is 1.58 bits per heavy atom. The highest BCUT2D eigenvalue weighted by molar-refractivity contribution is 9.10. The summed E-state index contributed by atoms with van der Waals surface area (Å²) in [7, 11) is 1.57. The van der Waals surface area contributed by atoms with Gasteiger partial charge in [-0.1, -0.05) is 0 Å². The van der Waals surface area contributed by atoms with Crippen LogP contribution in [0.1, 0.15) is 11.5 Å². The molecule has 0 saturated carbocycles. The highest BCUT2D eigenvalue weighted by atomic mass is 79.9. The van der Waals surface area contributed by atoms with E-state index >= 15 is 0 Å². The summed E-state index contributed by atoms with van der Waals surface area (Å²) in [5, 5.41) is 10.0. The lowest BCUT2D eigenvalue weighted by Gasteiger charge is -2.07. The van der Waals surface area contributed by atoms with Crippen molar-refractivity contribution in [3.8, 4) is 0 Å². The van der Waals surface area contributed by atoms with E-state index < -0.39 is 0 Å². The van der Waals surface area contributed by atoms with Crippen LogP contribution in [-0.2, 0) is 6.54 Å². The first kappa shape index (κ1) is 9.57. The Morgan fingerprint density at radius 3 is 2.75 bits per heavy atom. The van der Waals surface area contributed by atoms with E-state index in [0.29, 0.717) is 12.4 Å². The van der Waals surface area contributed by atoms with Gasteiger partial charge in [-0.2, -0.15) is 5.06 Å². The summed E-state index contributed by atoms with van der Waals surface area (Å²) < 4.78 is 0.742. The van der Waals surface area contributed by atoms with Crippen LogP contribution in [0.4, 0.5) is 0 Å². The molecular formula is C7H10BrN3O. The molecule has 1 N–H and O–H groups in total. The molecule has 0 spiro atoms. The van der Waals surface area contributed by atoms with E-state index in [2.05, 4.69) is 25.9 Å². The summed E-state index contributed by atoms with van der Waals surface area (Å²) in [5.41, 5.74) is 0.791. The molecule has 1 heterocycles. The van der Waals surface area contributed by atoms with E-state index in [1.165, 1.54) is 0 Å². The third-order valence-corrected chi connectivity index (χ3v) is 1.66. The zero-order valence-corrected chi connectivity index (χ0v) is 8.54. The monoisotopic (exact) mass is 231 g/mol. The fraction of sp³-hybridized carbons (Fsp3) is 0.429. The molecule has 0 aliphatic heterocycles. The Kier molecular flexibility index (Phi) is 3.13. The molecule has 0 aliphatic rings. The second-order valence-corrected chi connectivity index (χ2v) is 3.36. The zero-order chi connectivity index (χ0) is 9.14. The predicted molar refractivity (Wildman–Crippen MR) is 47.7 cm³/mol. The molecular weight excluding hydrogens is 222 g/mol. The van der Waals surface area contributed by atoms with Crippen molar-refractivity contribution in [1.29, 1.82) is 0 Å². The Labute approximate surface area is 79.3 Å². The molecule has 5 heteroatoms. The number of halogens is 1. The molecule has 4 nitrogen and oxygen atoms in total. The quantitative estimate of drug-likeness (QED) is 0.618. The fourth-order valence-electron chi connectivity index (χ4n) is 0.905. The van der Waals surface area contributed by atoms with Crippen molar-refractivity contribution in [2.24, 2.45) is 0 Å². The van der Waals surface area contributed by atoms with Gasteiger partial charge in [0.15, 0.2) is 0 Å². The van der Waals surface area contributed by atoms with Crippen LogP contribution in [0, 0.1) is 6.92 Å². The maximum atomic E-state index is 8.95. The van der Waals surface area contributed by atoms with Gasteiger partial charge in [-0.25, -0.2) is 9.97 Å². The normalized spacial score (nSPS) is 10.8. The second-order valence-electron chi connectivity index (χ2n) is 2.54. The molecule has 0 atom stereocenters. The predicted octanol–water partition coefficient (Wildman–Crippen LogP) is 1.37. The molecule has 0 aromatic carbocycles. The van der Waals surface area contributed by atoms with E-state index in [-0.39, 0.29) is 0 Å². The van der Waals surface area contributed by atoms with Crippen LogP contribution >= 0.6 is 15.9 Å². The fourth-order valence-corrected chi connectivity index (χ4v) is 1.43. The highest BCUT2D eigenvalue weighted by Crippen LogP contribution is 2.08. The third-order valence-electron chi connectivity index (χ3n) is 1.25. The van der Waals surface area contributed by atoms with E-state index in [4.69, 9.17) is 5.21 Å². The number of nitrogens with zero attached hydrogens (tertiary/aromatic N) is 3. The average molecular weight is 232 g/mol. The van der Waals surface area contributed by atoms with Crippen LogP contribution in [0.2, 0.25) is 0 Å². The largest absolute Gasteiger partial charge is 0.314 e. The third kappa shape index (κ3) is 2.84. The summed E-state index contributed by atoms with van der Waals surface area (Å²) in [6, 6.07) is 1.78. The summed E-state index contributed by atoms with van der Waals surface area (Å²) in [4.78, 5) is 8.18. The van der Waals surface area contributed by atoms with Crippen LogP contribution in [0.25, 0.3) is 0 Å². The summed E-state index contributed by atoms with van der Waals surface area (Å²) in [6.07, 6.45) is 0. The van der Waals surface area contributed by atoms with Gasteiger partial charge in [-0.05, 0) is 28.9 Å². The molecule has 0 amide bonds. The van der Waals surface area contributed by atoms with Gasteiger partial charge >= 0.3 is 0 Å². The van der Waals surface area contributed by atoms with Gasteiger partial charge in [0.25, 0.3) is 0 Å². The van der Waals surface area contributed by atoms with Crippen molar-refractivity contribution in [3.05, 3.63) is 22.2 Å². The molecule has 1 aromatic heterocycles. The van der Waals surface area contributed by atoms with Crippen LogP contribution in [0.15, 0.2) is 10.7 Å². The summed E-state index contributed by atoms with van der Waals surface area (Å²) in [6.45, 7) is 2.22. The Bertz CT molecular complexity index is 257. The van der Waals surface area contributed by atoms with E-state index in [1.54, 1.807) is 13.1 Å². The van der Waals surface area contributed by atoms with Crippen molar-refractivity contribution in [2.45, 2.75) is 13.5 Å². The number of rotatable bonds is 2. The van der Waals surface area contributed by atoms with Gasteiger partial charge in [0, 0.05) is 7.05 Å². The molecule has 66 valence electrons. The molecule has 0 radical (unpaired) electrons. The lowest BCUT2D eigenvalue weighted by Crippen LogP contribution is -2.13. The molecule has 1 aromatic rings. The number of aryl methyl sites for hydroxylation is 1. The molecule has 0 fully saturated rings. The zero-order valence-electron chi connectivity index (χ0n) is 6.95. The van der Waals surface area contributed by atoms with Crippen LogP contribution in [0.5, 0.6) is 0 Å². The first-order valence-corrected chi connectivity index (χ1v) is 4.27. The Hall–Kier alpha value is -0.520. The SMILES string of the molecule is Cc1nc(Br)cc(CN(C)O)n1. The van der Waals surface area contributed by atoms with Gasteiger partial charge < -0.3 is 5.21 Å². The van der Waals surface area contributed by atoms with Crippen LogP contribution in [0.3, 0.4) is 0 Å². The topological polar surface area (TPSA) is 49.2 Å². The number of hydroxylamine groups is 2. The van der Waals surface area contributed by atoms with E-state index in [0.717, 1.165) is 15.4 Å². The molecule has 12 heavy (non-hydrogen) atoms. The van der Waals surface area contributed by atoms with Crippen molar-refractivity contribution in [3.63, 3.8) is 0 Å². The standard InChI is InChI=1S/C7H10BrN3O/c1-5-9-6(4-11(2)12)3-7(8)10-5/h3,12H,4H2,1-2H3. The number of hydrogen-bond acceptors (Lipinski definition) is 4. The second kappa shape index (κ2) is 3.93. The van der Waals surface area contributed by atoms with Crippen molar-refractivity contribution >= 4 is 15.9 Å². The van der Waals surface area contributed by atoms with Crippen LogP contribution in [-0.4, -0.2) is 27.3 Å². The van der Waals surface area contributed by atoms with Gasteiger partial charge in [0.2, 0.25) is 0 Å². The van der Waals surface area contributed by atoms with Gasteiger partial charge in [0.05, 0.1) is 12.2 Å². The van der Waals surface area contributed by atoms with Gasteiger partial charge in [-0.3, -0.25) is 0 Å². The van der Waals surface area contributed by atoms with Crippen molar-refractivity contribution in [2.75, 3.05) is 7.05 Å². The molecule has 0 aliphatic carbocycles. The number of aromatic nitrogens is 2. The summed E-state index contributed by atoms with van der Waals surface area (Å²) >= 11 is 3.25. The average Bonchev–Trinajstić information content (AvgIpc) is 1.81. The first-order chi connectivity index (χ1) is 5.58. The minimum absolute atomic E-state index is 0.405. The molecule has 0 saturated heterocycles. The smallest absolute Gasteiger partial charge is 0.126 e. The molecule has 0 bridgehead atoms. The lowest BCUT2D eigenvalue weighted by atomic mass is 10.4. The van der Waals surface area contributed by atoms with Gasteiger partial charge in [0.1, 0.15) is 10.4 Å².